The molecule has 0 saturated carbocycles. The van der Waals surface area contributed by atoms with Crippen LogP contribution in [0.4, 0.5) is 17.3 Å². The maximum atomic E-state index is 11.7. The zero-order chi connectivity index (χ0) is 18.7. The fourth-order valence-corrected chi connectivity index (χ4v) is 2.75. The lowest BCUT2D eigenvalue weighted by molar-refractivity contribution is 0.0154. The van der Waals surface area contributed by atoms with Gasteiger partial charge < -0.3 is 26.8 Å². The Morgan fingerprint density at radius 2 is 2.08 bits per heavy atom. The van der Waals surface area contributed by atoms with E-state index >= 15 is 0 Å². The lowest BCUT2D eigenvalue weighted by Gasteiger charge is -2.28. The molecule has 1 saturated heterocycles. The number of carbonyl (C=O) groups excluding carboxylic acids is 1. The maximum absolute atomic E-state index is 11.7. The second kappa shape index (κ2) is 7.63. The van der Waals surface area contributed by atoms with E-state index in [0.29, 0.717) is 30.4 Å². The van der Waals surface area contributed by atoms with Gasteiger partial charge >= 0.3 is 0 Å². The third-order valence-electron chi connectivity index (χ3n) is 4.31. The second-order valence-corrected chi connectivity index (χ2v) is 6.35. The summed E-state index contributed by atoms with van der Waals surface area (Å²) in [7, 11) is 0. The predicted molar refractivity (Wildman–Crippen MR) is 98.1 cm³/mol. The van der Waals surface area contributed by atoms with Gasteiger partial charge in [-0.05, 0) is 31.9 Å². The Morgan fingerprint density at radius 3 is 2.77 bits per heavy atom. The summed E-state index contributed by atoms with van der Waals surface area (Å²) in [6, 6.07) is 5.61. The number of nitrogens with one attached hydrogen (secondary N) is 2. The van der Waals surface area contributed by atoms with Crippen LogP contribution >= 0.6 is 0 Å². The lowest BCUT2D eigenvalue weighted by atomic mass is 10.1. The Bertz CT molecular complexity index is 812. The molecule has 0 bridgehead atoms. The topological polar surface area (TPSA) is 141 Å². The molecule has 1 fully saturated rings. The van der Waals surface area contributed by atoms with E-state index in [0.717, 1.165) is 17.7 Å². The molecule has 0 aliphatic carbocycles. The smallest absolute Gasteiger partial charge is 0.271 e. The minimum absolute atomic E-state index is 0.0549. The Labute approximate surface area is 151 Å². The summed E-state index contributed by atoms with van der Waals surface area (Å²) < 4.78 is 5.34. The number of hydrogen-bond donors (Lipinski definition) is 4. The van der Waals surface area contributed by atoms with E-state index in [1.807, 2.05) is 26.0 Å². The van der Waals surface area contributed by atoms with E-state index < -0.39 is 5.91 Å². The first-order chi connectivity index (χ1) is 12.4. The van der Waals surface area contributed by atoms with Crippen LogP contribution in [0.5, 0.6) is 0 Å². The number of amides is 1. The minimum atomic E-state index is -0.663. The number of ether oxygens (including phenoxy) is 1. The van der Waals surface area contributed by atoms with Crippen molar-refractivity contribution >= 4 is 23.2 Å². The molecule has 0 spiro atoms. The van der Waals surface area contributed by atoms with Crippen LogP contribution in [0.2, 0.25) is 0 Å². The highest BCUT2D eigenvalue weighted by molar-refractivity contribution is 5.97. The van der Waals surface area contributed by atoms with Gasteiger partial charge in [-0.25, -0.2) is 4.98 Å². The molecule has 9 nitrogen and oxygen atoms in total. The van der Waals surface area contributed by atoms with Crippen molar-refractivity contribution in [1.29, 1.82) is 0 Å². The standard InChI is InChI=1S/C17H23N7O2/c1-9-3-4-14(20-10(9)2)22-12-8-15(23-24-16(12)17(19)25)21-11-5-6-26-13(18)7-11/h3-4,8,11,13H,5-7,18H2,1-2H3,(H2,19,25)(H2,20,21,22,23). The summed E-state index contributed by atoms with van der Waals surface area (Å²) in [5.74, 6) is 0.464. The van der Waals surface area contributed by atoms with Crippen LogP contribution < -0.4 is 22.1 Å². The molecule has 3 rings (SSSR count). The SMILES string of the molecule is Cc1ccc(Nc2cc(NC3CCOC(N)C3)nnc2C(N)=O)nc1C. The molecule has 2 aromatic heterocycles. The normalized spacial score (nSPS) is 19.8. The Hall–Kier alpha value is -2.78. The van der Waals surface area contributed by atoms with Crippen molar-refractivity contribution in [2.75, 3.05) is 17.2 Å². The van der Waals surface area contributed by atoms with E-state index in [-0.39, 0.29) is 18.0 Å². The van der Waals surface area contributed by atoms with Gasteiger partial charge in [0.25, 0.3) is 5.91 Å². The van der Waals surface area contributed by atoms with Gasteiger partial charge in [0, 0.05) is 24.2 Å². The van der Waals surface area contributed by atoms with Gasteiger partial charge in [-0.3, -0.25) is 4.79 Å². The highest BCUT2D eigenvalue weighted by Crippen LogP contribution is 2.23. The molecule has 9 heteroatoms. The number of carbonyl (C=O) groups is 1. The Balaban J connectivity index is 1.84. The Kier molecular flexibility index (Phi) is 5.29. The lowest BCUT2D eigenvalue weighted by Crippen LogP contribution is -2.39. The van der Waals surface area contributed by atoms with Crippen LogP contribution in [-0.2, 0) is 4.74 Å². The van der Waals surface area contributed by atoms with Crippen molar-refractivity contribution in [3.63, 3.8) is 0 Å². The van der Waals surface area contributed by atoms with Crippen LogP contribution in [0.25, 0.3) is 0 Å². The number of aromatic nitrogens is 3. The largest absolute Gasteiger partial charge is 0.366 e. The van der Waals surface area contributed by atoms with E-state index in [1.165, 1.54) is 0 Å². The van der Waals surface area contributed by atoms with Gasteiger partial charge in [-0.1, -0.05) is 6.07 Å². The number of anilines is 3. The zero-order valence-electron chi connectivity index (χ0n) is 14.8. The summed E-state index contributed by atoms with van der Waals surface area (Å²) in [6.07, 6.45) is 1.19. The number of primary amides is 1. The molecule has 1 aliphatic heterocycles. The van der Waals surface area contributed by atoms with Crippen LogP contribution in [0.3, 0.4) is 0 Å². The average molecular weight is 357 g/mol. The molecule has 2 unspecified atom stereocenters. The van der Waals surface area contributed by atoms with Crippen LogP contribution in [0, 0.1) is 13.8 Å². The molecule has 26 heavy (non-hydrogen) atoms. The summed E-state index contributed by atoms with van der Waals surface area (Å²) in [5, 5.41) is 14.4. The van der Waals surface area contributed by atoms with Gasteiger partial charge in [0.15, 0.2) is 11.5 Å². The third-order valence-corrected chi connectivity index (χ3v) is 4.31. The summed E-state index contributed by atoms with van der Waals surface area (Å²) >= 11 is 0. The minimum Gasteiger partial charge on any atom is -0.366 e. The molecule has 138 valence electrons. The van der Waals surface area contributed by atoms with Gasteiger partial charge in [0.1, 0.15) is 12.0 Å². The molecule has 3 heterocycles. The average Bonchev–Trinajstić information content (AvgIpc) is 2.58. The first kappa shape index (κ1) is 18.0. The fraction of sp³-hybridized carbons (Fsp3) is 0.412. The molecule has 2 atom stereocenters. The van der Waals surface area contributed by atoms with Gasteiger partial charge in [-0.2, -0.15) is 0 Å². The molecular formula is C17H23N7O2. The maximum Gasteiger partial charge on any atom is 0.271 e. The van der Waals surface area contributed by atoms with Crippen molar-refractivity contribution < 1.29 is 9.53 Å². The Morgan fingerprint density at radius 1 is 1.27 bits per heavy atom. The van der Waals surface area contributed by atoms with Crippen molar-refractivity contribution in [2.24, 2.45) is 11.5 Å². The van der Waals surface area contributed by atoms with Gasteiger partial charge in [0.05, 0.1) is 12.3 Å². The van der Waals surface area contributed by atoms with Gasteiger partial charge in [-0.15, -0.1) is 10.2 Å². The number of nitrogens with two attached hydrogens (primary N) is 2. The van der Waals surface area contributed by atoms with Gasteiger partial charge in [0.2, 0.25) is 0 Å². The number of pyridine rings is 1. The summed E-state index contributed by atoms with van der Waals surface area (Å²) in [5.41, 5.74) is 13.7. The van der Waals surface area contributed by atoms with Crippen molar-refractivity contribution in [1.82, 2.24) is 15.2 Å². The first-order valence-electron chi connectivity index (χ1n) is 8.45. The van der Waals surface area contributed by atoms with E-state index in [9.17, 15) is 4.79 Å². The van der Waals surface area contributed by atoms with Crippen LogP contribution in [0.1, 0.15) is 34.6 Å². The van der Waals surface area contributed by atoms with Crippen molar-refractivity contribution in [3.8, 4) is 0 Å². The van der Waals surface area contributed by atoms with E-state index in [2.05, 4.69) is 25.8 Å². The van der Waals surface area contributed by atoms with Crippen molar-refractivity contribution in [2.45, 2.75) is 39.0 Å². The summed E-state index contributed by atoms with van der Waals surface area (Å²) in [4.78, 5) is 16.1. The number of aryl methyl sites for hydroxylation is 2. The monoisotopic (exact) mass is 357 g/mol. The molecule has 6 N–H and O–H groups in total. The molecular weight excluding hydrogens is 334 g/mol. The highest BCUT2D eigenvalue weighted by Gasteiger charge is 2.21. The number of rotatable bonds is 5. The number of nitrogens with zero attached hydrogens (tertiary/aromatic N) is 3. The molecule has 1 aliphatic rings. The third kappa shape index (κ3) is 4.24. The van der Waals surface area contributed by atoms with Crippen LogP contribution in [0.15, 0.2) is 18.2 Å². The van der Waals surface area contributed by atoms with Crippen molar-refractivity contribution in [3.05, 3.63) is 35.2 Å². The van der Waals surface area contributed by atoms with E-state index in [4.69, 9.17) is 16.2 Å². The van der Waals surface area contributed by atoms with E-state index in [1.54, 1.807) is 6.07 Å². The zero-order valence-corrected chi connectivity index (χ0v) is 14.8. The van der Waals surface area contributed by atoms with Crippen LogP contribution in [-0.4, -0.2) is 40.0 Å². The molecule has 0 radical (unpaired) electrons. The second-order valence-electron chi connectivity index (χ2n) is 6.35. The molecule has 1 amide bonds. The number of hydrogen-bond acceptors (Lipinski definition) is 8. The highest BCUT2D eigenvalue weighted by atomic mass is 16.5. The predicted octanol–water partition coefficient (Wildman–Crippen LogP) is 1.21. The fourth-order valence-electron chi connectivity index (χ4n) is 2.75. The first-order valence-corrected chi connectivity index (χ1v) is 8.45. The molecule has 0 aromatic carbocycles. The quantitative estimate of drug-likeness (QED) is 0.625. The summed E-state index contributed by atoms with van der Waals surface area (Å²) in [6.45, 7) is 4.49. The molecule has 2 aromatic rings.